The number of para-hydroxylation sites is 1. The summed E-state index contributed by atoms with van der Waals surface area (Å²) >= 11 is 0. The maximum Gasteiger partial charge on any atom is 0.0702 e. The normalized spacial score (nSPS) is 11.8. The molecule has 0 unspecified atom stereocenters. The van der Waals surface area contributed by atoms with Crippen molar-refractivity contribution in [2.45, 2.75) is 6.92 Å². The van der Waals surface area contributed by atoms with E-state index >= 15 is 0 Å². The summed E-state index contributed by atoms with van der Waals surface area (Å²) in [5, 5.41) is 10.1. The van der Waals surface area contributed by atoms with Crippen LogP contribution in [0.2, 0.25) is 0 Å². The smallest absolute Gasteiger partial charge is 0.0702 e. The van der Waals surface area contributed by atoms with E-state index in [-0.39, 0.29) is 0 Å². The Labute approximate surface area is 255 Å². The maximum absolute atomic E-state index is 4.69. The molecule has 0 saturated carbocycles. The second kappa shape index (κ2) is 9.65. The van der Waals surface area contributed by atoms with Gasteiger partial charge in [0.2, 0.25) is 0 Å². The second-order valence-corrected chi connectivity index (χ2v) is 11.7. The van der Waals surface area contributed by atoms with Crippen molar-refractivity contribution in [1.29, 1.82) is 0 Å². The molecule has 0 saturated heterocycles. The van der Waals surface area contributed by atoms with E-state index in [1.54, 1.807) is 0 Å². The number of aromatic nitrogens is 2. The first kappa shape index (κ1) is 24.8. The summed E-state index contributed by atoms with van der Waals surface area (Å²) in [7, 11) is 0. The van der Waals surface area contributed by atoms with Gasteiger partial charge in [0.25, 0.3) is 0 Å². The lowest BCUT2D eigenvalue weighted by Crippen LogP contribution is -1.94. The number of nitrogens with zero attached hydrogens (tertiary/aromatic N) is 2. The van der Waals surface area contributed by atoms with Gasteiger partial charge in [0.15, 0.2) is 0 Å². The maximum atomic E-state index is 4.69. The molecule has 0 spiro atoms. The van der Waals surface area contributed by atoms with Crippen LogP contribution in [0, 0.1) is 6.92 Å². The van der Waals surface area contributed by atoms with Crippen molar-refractivity contribution < 1.29 is 0 Å². The van der Waals surface area contributed by atoms with Crippen molar-refractivity contribution in [3.05, 3.63) is 157 Å². The van der Waals surface area contributed by atoms with E-state index in [0.717, 1.165) is 16.9 Å². The van der Waals surface area contributed by atoms with Gasteiger partial charge in [-0.3, -0.25) is 4.98 Å². The van der Waals surface area contributed by atoms with Gasteiger partial charge >= 0.3 is 0 Å². The standard InChI is InChI=1S/C42H28N2/c1-27-15-22-40(43-26-27)31-18-19-34-29(23-31)17-21-38-37-20-16-30(25-41(37)44(42(34)38)32-10-3-2-4-11-32)39-24-28-9-5-6-12-33(28)35-13-7-8-14-36(35)39/h2-26H,1H3. The first-order chi connectivity index (χ1) is 21.7. The average Bonchev–Trinajstić information content (AvgIpc) is 3.42. The molecule has 2 aromatic heterocycles. The van der Waals surface area contributed by atoms with Crippen LogP contribution in [0.3, 0.4) is 0 Å². The number of pyridine rings is 1. The fourth-order valence-corrected chi connectivity index (χ4v) is 6.94. The Hall–Kier alpha value is -5.73. The number of fused-ring (bicyclic) bond motifs is 8. The molecule has 0 fully saturated rings. The van der Waals surface area contributed by atoms with Crippen LogP contribution in [0.15, 0.2) is 152 Å². The number of hydrogen-bond acceptors (Lipinski definition) is 1. The van der Waals surface area contributed by atoms with Crippen LogP contribution >= 0.6 is 0 Å². The summed E-state index contributed by atoms with van der Waals surface area (Å²) in [6.45, 7) is 2.07. The van der Waals surface area contributed by atoms with Gasteiger partial charge in [-0.15, -0.1) is 0 Å². The highest BCUT2D eigenvalue weighted by atomic mass is 15.0. The minimum absolute atomic E-state index is 0.994. The fraction of sp³-hybridized carbons (Fsp3) is 0.0238. The Kier molecular flexibility index (Phi) is 5.45. The number of aryl methyl sites for hydroxylation is 1. The Bertz CT molecular complexity index is 2540. The molecular formula is C42H28N2. The van der Waals surface area contributed by atoms with Crippen LogP contribution in [0.5, 0.6) is 0 Å². The summed E-state index contributed by atoms with van der Waals surface area (Å²) in [6.07, 6.45) is 1.94. The van der Waals surface area contributed by atoms with Crippen LogP contribution in [0.25, 0.3) is 82.2 Å². The number of benzene rings is 7. The van der Waals surface area contributed by atoms with Crippen molar-refractivity contribution in [2.24, 2.45) is 0 Å². The van der Waals surface area contributed by atoms with Crippen LogP contribution in [0.1, 0.15) is 5.56 Å². The zero-order chi connectivity index (χ0) is 29.2. The number of hydrogen-bond donors (Lipinski definition) is 0. The van der Waals surface area contributed by atoms with E-state index in [0.29, 0.717) is 0 Å². The molecule has 7 aromatic carbocycles. The molecule has 2 heteroatoms. The summed E-state index contributed by atoms with van der Waals surface area (Å²) < 4.78 is 2.45. The van der Waals surface area contributed by atoms with Crippen molar-refractivity contribution in [1.82, 2.24) is 9.55 Å². The monoisotopic (exact) mass is 560 g/mol. The molecule has 44 heavy (non-hydrogen) atoms. The zero-order valence-electron chi connectivity index (χ0n) is 24.3. The van der Waals surface area contributed by atoms with Crippen molar-refractivity contribution in [2.75, 3.05) is 0 Å². The van der Waals surface area contributed by atoms with E-state index < -0.39 is 0 Å². The lowest BCUT2D eigenvalue weighted by molar-refractivity contribution is 1.19. The minimum atomic E-state index is 0.994. The van der Waals surface area contributed by atoms with Gasteiger partial charge < -0.3 is 4.57 Å². The molecule has 2 nitrogen and oxygen atoms in total. The van der Waals surface area contributed by atoms with Gasteiger partial charge in [0.1, 0.15) is 0 Å². The third-order valence-corrected chi connectivity index (χ3v) is 9.04. The summed E-state index contributed by atoms with van der Waals surface area (Å²) in [5.74, 6) is 0. The Morgan fingerprint density at radius 3 is 2.02 bits per heavy atom. The van der Waals surface area contributed by atoms with Gasteiger partial charge in [-0.25, -0.2) is 0 Å². The fourth-order valence-electron chi connectivity index (χ4n) is 6.94. The Balaban J connectivity index is 1.34. The topological polar surface area (TPSA) is 17.8 Å². The highest BCUT2D eigenvalue weighted by Crippen LogP contribution is 2.41. The first-order valence-corrected chi connectivity index (χ1v) is 15.1. The predicted octanol–water partition coefficient (Wildman–Crippen LogP) is 11.3. The zero-order valence-corrected chi connectivity index (χ0v) is 24.3. The van der Waals surface area contributed by atoms with E-state index in [4.69, 9.17) is 4.98 Å². The first-order valence-electron chi connectivity index (χ1n) is 15.1. The highest BCUT2D eigenvalue weighted by Gasteiger charge is 2.17. The molecule has 0 aliphatic rings. The van der Waals surface area contributed by atoms with Gasteiger partial charge in [-0.2, -0.15) is 0 Å². The predicted molar refractivity (Wildman–Crippen MR) is 187 cm³/mol. The van der Waals surface area contributed by atoms with Crippen LogP contribution in [-0.4, -0.2) is 9.55 Å². The van der Waals surface area contributed by atoms with E-state index in [9.17, 15) is 0 Å². The lowest BCUT2D eigenvalue weighted by atomic mass is 9.93. The van der Waals surface area contributed by atoms with Crippen LogP contribution in [0.4, 0.5) is 0 Å². The third kappa shape index (κ3) is 3.78. The van der Waals surface area contributed by atoms with Gasteiger partial charge in [0, 0.05) is 33.6 Å². The summed E-state index contributed by atoms with van der Waals surface area (Å²) in [5.41, 5.74) is 9.36. The van der Waals surface area contributed by atoms with Crippen molar-refractivity contribution in [3.8, 4) is 28.1 Å². The van der Waals surface area contributed by atoms with E-state index in [1.165, 1.54) is 70.8 Å². The molecule has 0 N–H and O–H groups in total. The molecule has 0 aliphatic heterocycles. The van der Waals surface area contributed by atoms with Crippen molar-refractivity contribution in [3.63, 3.8) is 0 Å². The van der Waals surface area contributed by atoms with Gasteiger partial charge in [0.05, 0.1) is 16.7 Å². The van der Waals surface area contributed by atoms with Crippen LogP contribution < -0.4 is 0 Å². The lowest BCUT2D eigenvalue weighted by Gasteiger charge is -2.13. The molecule has 9 aromatic rings. The van der Waals surface area contributed by atoms with Gasteiger partial charge in [-0.05, 0) is 86.9 Å². The molecule has 0 amide bonds. The van der Waals surface area contributed by atoms with Crippen molar-refractivity contribution >= 4 is 54.1 Å². The second-order valence-electron chi connectivity index (χ2n) is 11.7. The Morgan fingerprint density at radius 1 is 0.477 bits per heavy atom. The molecule has 0 bridgehead atoms. The van der Waals surface area contributed by atoms with Crippen LogP contribution in [-0.2, 0) is 0 Å². The molecule has 0 aliphatic carbocycles. The van der Waals surface area contributed by atoms with E-state index in [2.05, 4.69) is 157 Å². The Morgan fingerprint density at radius 2 is 1.18 bits per heavy atom. The SMILES string of the molecule is Cc1ccc(-c2ccc3c(ccc4c5ccc(-c6cc7ccccc7c7ccccc67)cc5n(-c5ccccc5)c34)c2)nc1. The molecule has 9 rings (SSSR count). The number of rotatable bonds is 3. The molecule has 2 heterocycles. The largest absolute Gasteiger partial charge is 0.309 e. The summed E-state index contributed by atoms with van der Waals surface area (Å²) in [6, 6.07) is 53.1. The summed E-state index contributed by atoms with van der Waals surface area (Å²) in [4.78, 5) is 4.69. The molecule has 0 radical (unpaired) electrons. The highest BCUT2D eigenvalue weighted by molar-refractivity contribution is 6.20. The van der Waals surface area contributed by atoms with E-state index in [1.807, 2.05) is 6.20 Å². The quantitative estimate of drug-likeness (QED) is 0.197. The minimum Gasteiger partial charge on any atom is -0.309 e. The third-order valence-electron chi connectivity index (χ3n) is 9.04. The molecule has 0 atom stereocenters. The van der Waals surface area contributed by atoms with Gasteiger partial charge in [-0.1, -0.05) is 109 Å². The molecular weight excluding hydrogens is 532 g/mol. The average molecular weight is 561 g/mol. The molecule has 206 valence electrons.